The van der Waals surface area contributed by atoms with Crippen molar-refractivity contribution in [3.05, 3.63) is 6.92 Å². The van der Waals surface area contributed by atoms with Gasteiger partial charge in [-0.25, -0.2) is 0 Å². The van der Waals surface area contributed by atoms with Crippen molar-refractivity contribution in [1.29, 1.82) is 0 Å². The average molecular weight is 412 g/mol. The van der Waals surface area contributed by atoms with E-state index in [0.717, 1.165) is 6.42 Å². The van der Waals surface area contributed by atoms with Gasteiger partial charge in [0.1, 0.15) is 0 Å². The Morgan fingerprint density at radius 3 is 1.00 bits per heavy atom. The second-order valence-corrected chi connectivity index (χ2v) is 12.3. The molecule has 0 saturated heterocycles. The summed E-state index contributed by atoms with van der Waals surface area (Å²) in [5.74, 6) is 0. The third kappa shape index (κ3) is 33.1. The topological polar surface area (TPSA) is 0 Å². The zero-order valence-corrected chi connectivity index (χ0v) is 18.1. The molecule has 0 aromatic carbocycles. The monoisotopic (exact) mass is 410 g/mol. The maximum absolute atomic E-state index is 4.93. The van der Waals surface area contributed by atoms with Gasteiger partial charge in [-0.15, -0.1) is 0 Å². The molecule has 0 aliphatic carbocycles. The Bertz CT molecular complexity index is 159. The first kappa shape index (κ1) is 25.6. The Morgan fingerprint density at radius 1 is 0.545 bits per heavy atom. The number of rotatable bonds is 15. The fourth-order valence-electron chi connectivity index (χ4n) is 2.55. The molecule has 22 heavy (non-hydrogen) atoms. The summed E-state index contributed by atoms with van der Waals surface area (Å²) in [5, 5.41) is 0. The van der Waals surface area contributed by atoms with Gasteiger partial charge in [-0.05, 0) is 0 Å². The van der Waals surface area contributed by atoms with Gasteiger partial charge in [-0.2, -0.15) is 0 Å². The van der Waals surface area contributed by atoms with Crippen LogP contribution in [0, 0.1) is 6.92 Å². The molecule has 0 nitrogen and oxygen atoms in total. The van der Waals surface area contributed by atoms with Gasteiger partial charge in [0, 0.05) is 0 Å². The first-order valence-electron chi connectivity index (χ1n) is 9.17. The van der Waals surface area contributed by atoms with E-state index in [1.54, 1.807) is 0 Å². The van der Waals surface area contributed by atoms with Crippen LogP contribution in [0.1, 0.15) is 110 Å². The Labute approximate surface area is 157 Å². The second kappa shape index (κ2) is 24.7. The third-order valence-corrected chi connectivity index (χ3v) is 3.85. The minimum atomic E-state index is -1.62. The maximum atomic E-state index is 4.93. The molecule has 0 unspecified atom stereocenters. The summed E-state index contributed by atoms with van der Waals surface area (Å²) >= 11 is -1.62. The van der Waals surface area contributed by atoms with Crippen LogP contribution in [0.15, 0.2) is 0 Å². The van der Waals surface area contributed by atoms with E-state index in [2.05, 4.69) is 13.8 Å². The zero-order chi connectivity index (χ0) is 16.9. The molecule has 0 N–H and O–H groups in total. The van der Waals surface area contributed by atoms with Crippen molar-refractivity contribution in [1.82, 2.24) is 0 Å². The van der Waals surface area contributed by atoms with Gasteiger partial charge in [-0.3, -0.25) is 0 Å². The van der Waals surface area contributed by atoms with Crippen LogP contribution in [0.5, 0.6) is 0 Å². The molecule has 0 heterocycles. The quantitative estimate of drug-likeness (QED) is 0.236. The predicted octanol–water partition coefficient (Wildman–Crippen LogP) is 9.15. The Hall–Kier alpha value is 1.40. The molecule has 0 aromatic heterocycles. The fourth-order valence-corrected chi connectivity index (χ4v) is 2.55. The second-order valence-electron chi connectivity index (χ2n) is 5.98. The number of unbranched alkanes of at least 4 members (excludes halogenated alkanes) is 15. The molecule has 0 spiro atoms. The molecule has 0 aliphatic rings. The van der Waals surface area contributed by atoms with Crippen LogP contribution in [0.25, 0.3) is 0 Å². The first-order chi connectivity index (χ1) is 10.6. The molecule has 0 aromatic rings. The van der Waals surface area contributed by atoms with E-state index in [1.807, 2.05) is 0 Å². The Kier molecular flexibility index (Phi) is 28.7. The summed E-state index contributed by atoms with van der Waals surface area (Å²) in [6.07, 6.45) is 22.8. The van der Waals surface area contributed by atoms with Crippen LogP contribution >= 0.6 is 30.1 Å². The van der Waals surface area contributed by atoms with E-state index in [-0.39, 0.29) is 0 Å². The van der Waals surface area contributed by atoms with Gasteiger partial charge in [-0.1, -0.05) is 117 Å². The van der Waals surface area contributed by atoms with Crippen molar-refractivity contribution in [2.45, 2.75) is 110 Å². The van der Waals surface area contributed by atoms with Gasteiger partial charge in [0.25, 0.3) is 0 Å². The fraction of sp³-hybridized carbons (Fsp3) is 0.944. The molecular formula is C18H37Cl3Cr. The van der Waals surface area contributed by atoms with E-state index in [0.29, 0.717) is 0 Å². The summed E-state index contributed by atoms with van der Waals surface area (Å²) in [4.78, 5) is 0. The van der Waals surface area contributed by atoms with Crippen LogP contribution in [0.2, 0.25) is 0 Å². The van der Waals surface area contributed by atoms with Crippen molar-refractivity contribution in [3.63, 3.8) is 0 Å². The van der Waals surface area contributed by atoms with Gasteiger partial charge < -0.3 is 0 Å². The molecule has 0 amide bonds. The van der Waals surface area contributed by atoms with E-state index in [4.69, 9.17) is 30.1 Å². The third-order valence-electron chi connectivity index (χ3n) is 3.85. The average Bonchev–Trinajstić information content (AvgIpc) is 2.47. The van der Waals surface area contributed by atoms with E-state index in [9.17, 15) is 0 Å². The number of hydrogen-bond acceptors (Lipinski definition) is 0. The van der Waals surface area contributed by atoms with Crippen molar-refractivity contribution >= 4 is 30.1 Å². The standard InChI is InChI=1S/C18H37.3ClH.Cr/c1-3-5-7-9-11-13-15-17-18-16-14-12-10-8-6-4-2;;;;/h1,3-18H2,2H3;3*1H;/q;;;;+3/p-3. The van der Waals surface area contributed by atoms with E-state index in [1.165, 1.54) is 96.3 Å². The van der Waals surface area contributed by atoms with Crippen LogP contribution < -0.4 is 0 Å². The molecule has 1 radical (unpaired) electrons. The molecule has 0 saturated carbocycles. The predicted molar refractivity (Wildman–Crippen MR) is 102 cm³/mol. The summed E-state index contributed by atoms with van der Waals surface area (Å²) in [5.41, 5.74) is 0. The Morgan fingerprint density at radius 2 is 0.773 bits per heavy atom. The first-order valence-corrected chi connectivity index (χ1v) is 14.4. The summed E-state index contributed by atoms with van der Waals surface area (Å²) in [7, 11) is 14.8. The normalized spacial score (nSPS) is 10.6. The van der Waals surface area contributed by atoms with Crippen LogP contribution in [0.4, 0.5) is 0 Å². The molecule has 0 fully saturated rings. The van der Waals surface area contributed by atoms with Gasteiger partial charge in [0.05, 0.1) is 0 Å². The van der Waals surface area contributed by atoms with Crippen LogP contribution in [-0.2, 0) is 11.4 Å². The molecule has 0 rings (SSSR count). The van der Waals surface area contributed by atoms with E-state index >= 15 is 0 Å². The molecular weight excluding hydrogens is 375 g/mol. The number of halogens is 3. The Balaban J connectivity index is 0. The molecule has 0 bridgehead atoms. The van der Waals surface area contributed by atoms with E-state index < -0.39 is 11.4 Å². The van der Waals surface area contributed by atoms with Gasteiger partial charge in [0.2, 0.25) is 0 Å². The summed E-state index contributed by atoms with van der Waals surface area (Å²) in [6.45, 7) is 6.18. The molecule has 4 heteroatoms. The van der Waals surface area contributed by atoms with Crippen LogP contribution in [-0.4, -0.2) is 0 Å². The van der Waals surface area contributed by atoms with Crippen LogP contribution in [0.3, 0.4) is 0 Å². The molecule has 0 atom stereocenters. The SMILES string of the molecule is [CH2]CCCCCCCCCCCCCCCCC.[Cl][Cr]([Cl])[Cl]. The molecule has 0 aliphatic heterocycles. The minimum absolute atomic E-state index is 1.12. The van der Waals surface area contributed by atoms with Gasteiger partial charge >= 0.3 is 41.5 Å². The summed E-state index contributed by atoms with van der Waals surface area (Å²) in [6, 6.07) is 0. The summed E-state index contributed by atoms with van der Waals surface area (Å²) < 4.78 is 0. The van der Waals surface area contributed by atoms with Crippen molar-refractivity contribution in [2.24, 2.45) is 0 Å². The van der Waals surface area contributed by atoms with Crippen molar-refractivity contribution < 1.29 is 11.4 Å². The number of hydrogen-bond donors (Lipinski definition) is 0. The van der Waals surface area contributed by atoms with Gasteiger partial charge in [0.15, 0.2) is 0 Å². The zero-order valence-electron chi connectivity index (χ0n) is 14.6. The van der Waals surface area contributed by atoms with Crippen molar-refractivity contribution in [2.75, 3.05) is 0 Å². The van der Waals surface area contributed by atoms with Crippen molar-refractivity contribution in [3.8, 4) is 0 Å². The molecule has 136 valence electrons.